The summed E-state index contributed by atoms with van der Waals surface area (Å²) >= 11 is 0. The Balaban J connectivity index is 1.59. The summed E-state index contributed by atoms with van der Waals surface area (Å²) in [4.78, 5) is 0. The summed E-state index contributed by atoms with van der Waals surface area (Å²) in [7, 11) is -1.45. The smallest absolute Gasteiger partial charge is 0.423 e. The molecule has 2 aliphatic rings. The lowest BCUT2D eigenvalue weighted by molar-refractivity contribution is 0.380. The van der Waals surface area contributed by atoms with E-state index in [2.05, 4.69) is 66.9 Å². The van der Waals surface area contributed by atoms with Gasteiger partial charge in [-0.05, 0) is 27.7 Å². The van der Waals surface area contributed by atoms with Gasteiger partial charge in [0, 0.05) is 24.4 Å². The van der Waals surface area contributed by atoms with E-state index in [0.29, 0.717) is 17.9 Å². The lowest BCUT2D eigenvalue weighted by Gasteiger charge is -2.42. The fourth-order valence-corrected chi connectivity index (χ4v) is 4.28. The van der Waals surface area contributed by atoms with Crippen LogP contribution in [0.15, 0.2) is 78.4 Å². The molecule has 2 unspecified atom stereocenters. The van der Waals surface area contributed by atoms with Crippen molar-refractivity contribution in [2.24, 2.45) is 5.41 Å². The highest BCUT2D eigenvalue weighted by molar-refractivity contribution is 6.59. The Hall–Kier alpha value is -2.40. The van der Waals surface area contributed by atoms with Gasteiger partial charge >= 0.3 is 7.12 Å². The summed E-state index contributed by atoms with van der Waals surface area (Å²) in [5.41, 5.74) is 5.39. The molecular formula is C23H24BNO2. The molecule has 27 heavy (non-hydrogen) atoms. The van der Waals surface area contributed by atoms with Crippen LogP contribution in [0.5, 0.6) is 0 Å². The van der Waals surface area contributed by atoms with Gasteiger partial charge in [-0.25, -0.2) is 0 Å². The van der Waals surface area contributed by atoms with Crippen molar-refractivity contribution in [2.45, 2.75) is 19.4 Å². The zero-order valence-corrected chi connectivity index (χ0v) is 15.5. The molecule has 0 aromatic heterocycles. The molecule has 136 valence electrons. The monoisotopic (exact) mass is 357 g/mol. The van der Waals surface area contributed by atoms with E-state index in [-0.39, 0.29) is 5.41 Å². The Morgan fingerprint density at radius 3 is 2.67 bits per heavy atom. The molecular weight excluding hydrogens is 333 g/mol. The van der Waals surface area contributed by atoms with E-state index in [0.717, 1.165) is 12.1 Å². The van der Waals surface area contributed by atoms with Gasteiger partial charge in [-0.1, -0.05) is 85.8 Å². The molecule has 0 saturated heterocycles. The first-order valence-electron chi connectivity index (χ1n) is 9.41. The van der Waals surface area contributed by atoms with Gasteiger partial charge in [-0.15, -0.1) is 0 Å². The van der Waals surface area contributed by atoms with Crippen molar-refractivity contribution in [1.29, 1.82) is 0 Å². The number of hydrogen-bond acceptors (Lipinski definition) is 3. The molecule has 4 rings (SSSR count). The van der Waals surface area contributed by atoms with Gasteiger partial charge in [0.2, 0.25) is 0 Å². The Morgan fingerprint density at radius 2 is 1.81 bits per heavy atom. The Kier molecular flexibility index (Phi) is 4.87. The molecule has 0 radical (unpaired) electrons. The van der Waals surface area contributed by atoms with Gasteiger partial charge in [0.1, 0.15) is 0 Å². The van der Waals surface area contributed by atoms with Crippen LogP contribution in [0.1, 0.15) is 29.5 Å². The second-order valence-electron chi connectivity index (χ2n) is 7.49. The Labute approximate surface area is 160 Å². The molecule has 2 aromatic carbocycles. The fourth-order valence-electron chi connectivity index (χ4n) is 4.28. The van der Waals surface area contributed by atoms with E-state index < -0.39 is 7.12 Å². The quantitative estimate of drug-likeness (QED) is 0.722. The SMILES string of the molecule is CC12C=CC=CC1=Cc1ccccc1C2CNCc1ccccc1B(O)O. The minimum absolute atomic E-state index is 0.0495. The molecule has 0 fully saturated rings. The molecule has 0 spiro atoms. The van der Waals surface area contributed by atoms with Crippen LogP contribution in [0, 0.1) is 5.41 Å². The Morgan fingerprint density at radius 1 is 1.04 bits per heavy atom. The number of benzene rings is 2. The van der Waals surface area contributed by atoms with E-state index >= 15 is 0 Å². The minimum Gasteiger partial charge on any atom is -0.423 e. The average Bonchev–Trinajstić information content (AvgIpc) is 2.68. The van der Waals surface area contributed by atoms with E-state index in [1.54, 1.807) is 6.07 Å². The first kappa shape index (κ1) is 18.0. The van der Waals surface area contributed by atoms with Gasteiger partial charge in [0.15, 0.2) is 0 Å². The molecule has 4 heteroatoms. The topological polar surface area (TPSA) is 52.5 Å². The van der Waals surface area contributed by atoms with Crippen molar-refractivity contribution in [3.05, 3.63) is 95.1 Å². The highest BCUT2D eigenvalue weighted by atomic mass is 16.4. The average molecular weight is 357 g/mol. The van der Waals surface area contributed by atoms with Crippen LogP contribution in [0.3, 0.4) is 0 Å². The summed E-state index contributed by atoms with van der Waals surface area (Å²) in [6.07, 6.45) is 11.0. The second-order valence-corrected chi connectivity index (χ2v) is 7.49. The molecule has 0 heterocycles. The van der Waals surface area contributed by atoms with E-state index in [1.165, 1.54) is 16.7 Å². The second kappa shape index (κ2) is 7.32. The number of rotatable bonds is 5. The van der Waals surface area contributed by atoms with Crippen molar-refractivity contribution < 1.29 is 10.0 Å². The van der Waals surface area contributed by atoms with Crippen molar-refractivity contribution in [3.8, 4) is 0 Å². The molecule has 0 aliphatic heterocycles. The summed E-state index contributed by atoms with van der Waals surface area (Å²) in [5, 5.41) is 22.7. The van der Waals surface area contributed by atoms with Crippen LogP contribution in [0.25, 0.3) is 6.08 Å². The largest absolute Gasteiger partial charge is 0.488 e. The van der Waals surface area contributed by atoms with Crippen LogP contribution in [-0.4, -0.2) is 23.7 Å². The molecule has 3 N–H and O–H groups in total. The molecule has 0 amide bonds. The summed E-state index contributed by atoms with van der Waals surface area (Å²) in [6, 6.07) is 16.0. The van der Waals surface area contributed by atoms with Crippen molar-refractivity contribution >= 4 is 18.7 Å². The highest BCUT2D eigenvalue weighted by Crippen LogP contribution is 2.50. The van der Waals surface area contributed by atoms with Gasteiger partial charge in [0.25, 0.3) is 0 Å². The van der Waals surface area contributed by atoms with Gasteiger partial charge in [-0.3, -0.25) is 0 Å². The van der Waals surface area contributed by atoms with Gasteiger partial charge < -0.3 is 15.4 Å². The number of hydrogen-bond donors (Lipinski definition) is 3. The van der Waals surface area contributed by atoms with Crippen LogP contribution < -0.4 is 10.8 Å². The van der Waals surface area contributed by atoms with Gasteiger partial charge in [-0.2, -0.15) is 0 Å². The highest BCUT2D eigenvalue weighted by Gasteiger charge is 2.39. The van der Waals surface area contributed by atoms with Gasteiger partial charge in [0.05, 0.1) is 0 Å². The minimum atomic E-state index is -1.45. The number of nitrogens with one attached hydrogen (secondary N) is 1. The van der Waals surface area contributed by atoms with Crippen molar-refractivity contribution in [1.82, 2.24) is 5.32 Å². The molecule has 3 nitrogen and oxygen atoms in total. The van der Waals surface area contributed by atoms with E-state index in [1.807, 2.05) is 18.2 Å². The first-order valence-corrected chi connectivity index (χ1v) is 9.41. The molecule has 2 aromatic rings. The fraction of sp³-hybridized carbons (Fsp3) is 0.217. The van der Waals surface area contributed by atoms with Crippen molar-refractivity contribution in [2.75, 3.05) is 6.54 Å². The predicted molar refractivity (Wildman–Crippen MR) is 112 cm³/mol. The zero-order valence-electron chi connectivity index (χ0n) is 15.5. The molecule has 0 saturated carbocycles. The predicted octanol–water partition coefficient (Wildman–Crippen LogP) is 2.77. The van der Waals surface area contributed by atoms with E-state index in [9.17, 15) is 10.0 Å². The normalized spacial score (nSPS) is 22.8. The maximum Gasteiger partial charge on any atom is 0.488 e. The first-order chi connectivity index (χ1) is 13.1. The van der Waals surface area contributed by atoms with E-state index in [4.69, 9.17) is 0 Å². The molecule has 2 atom stereocenters. The lowest BCUT2D eigenvalue weighted by atomic mass is 9.63. The molecule has 0 bridgehead atoms. The third-order valence-corrected chi connectivity index (χ3v) is 5.85. The van der Waals surface area contributed by atoms with Crippen LogP contribution in [-0.2, 0) is 6.54 Å². The standard InChI is InChI=1S/C23H24BNO2/c1-23-13-7-6-10-19(23)14-17-8-2-4-11-20(17)21(23)16-25-15-18-9-3-5-12-22(18)24(26)27/h2-14,21,25-27H,15-16H2,1H3. The lowest BCUT2D eigenvalue weighted by Crippen LogP contribution is -2.38. The Bertz CT molecular complexity index is 931. The third kappa shape index (κ3) is 3.32. The van der Waals surface area contributed by atoms with Crippen LogP contribution in [0.2, 0.25) is 0 Å². The van der Waals surface area contributed by atoms with Crippen LogP contribution >= 0.6 is 0 Å². The third-order valence-electron chi connectivity index (χ3n) is 5.85. The summed E-state index contributed by atoms with van der Waals surface area (Å²) < 4.78 is 0. The zero-order chi connectivity index (χ0) is 18.9. The summed E-state index contributed by atoms with van der Waals surface area (Å²) in [5.74, 6) is 0.307. The maximum atomic E-state index is 9.58. The van der Waals surface area contributed by atoms with Crippen molar-refractivity contribution in [3.63, 3.8) is 0 Å². The number of allylic oxidation sites excluding steroid dienone is 5. The molecule has 2 aliphatic carbocycles. The van der Waals surface area contributed by atoms with Crippen LogP contribution in [0.4, 0.5) is 0 Å². The summed E-state index contributed by atoms with van der Waals surface area (Å²) in [6.45, 7) is 3.70. The maximum absolute atomic E-state index is 9.58. The number of fused-ring (bicyclic) bond motifs is 2.